The lowest BCUT2D eigenvalue weighted by atomic mass is 9.86. The molecule has 1 amide bonds. The molecule has 22 heavy (non-hydrogen) atoms. The van der Waals surface area contributed by atoms with Crippen molar-refractivity contribution in [1.29, 1.82) is 0 Å². The Morgan fingerprint density at radius 2 is 1.82 bits per heavy atom. The van der Waals surface area contributed by atoms with Crippen LogP contribution in [0.3, 0.4) is 0 Å². The molecule has 1 saturated heterocycles. The highest BCUT2D eigenvalue weighted by atomic mass is 16.5. The maximum Gasteiger partial charge on any atom is 0.210 e. The van der Waals surface area contributed by atoms with Gasteiger partial charge in [0.05, 0.1) is 18.8 Å². The van der Waals surface area contributed by atoms with E-state index in [0.29, 0.717) is 0 Å². The number of hydrogen-bond acceptors (Lipinski definition) is 3. The van der Waals surface area contributed by atoms with E-state index >= 15 is 0 Å². The maximum absolute atomic E-state index is 11.8. The quantitative estimate of drug-likeness (QED) is 0.756. The van der Waals surface area contributed by atoms with E-state index in [4.69, 9.17) is 4.74 Å². The Bertz CT molecular complexity index is 465. The molecule has 1 heterocycles. The van der Waals surface area contributed by atoms with Crippen LogP contribution in [0.2, 0.25) is 0 Å². The molecule has 0 radical (unpaired) electrons. The summed E-state index contributed by atoms with van der Waals surface area (Å²) in [7, 11) is 0. The molecule has 120 valence electrons. The molecular weight excluding hydrogens is 276 g/mol. The zero-order valence-electron chi connectivity index (χ0n) is 13.2. The summed E-state index contributed by atoms with van der Waals surface area (Å²) >= 11 is 0. The summed E-state index contributed by atoms with van der Waals surface area (Å²) in [4.78, 5) is 16.3. The Balaban J connectivity index is 1.72. The highest BCUT2D eigenvalue weighted by molar-refractivity contribution is 5.51. The molecule has 1 aromatic carbocycles. The number of amides is 1. The van der Waals surface area contributed by atoms with Gasteiger partial charge >= 0.3 is 0 Å². The highest BCUT2D eigenvalue weighted by Gasteiger charge is 2.40. The molecule has 0 aromatic heterocycles. The summed E-state index contributed by atoms with van der Waals surface area (Å²) < 4.78 is 5.40. The third-order valence-electron chi connectivity index (χ3n) is 5.18. The topological polar surface area (TPSA) is 32.8 Å². The first-order valence-electron chi connectivity index (χ1n) is 8.43. The van der Waals surface area contributed by atoms with Crippen molar-refractivity contribution >= 4 is 6.41 Å². The van der Waals surface area contributed by atoms with Gasteiger partial charge in [0.2, 0.25) is 6.41 Å². The van der Waals surface area contributed by atoms with E-state index in [1.165, 1.54) is 18.4 Å². The maximum atomic E-state index is 11.8. The minimum absolute atomic E-state index is 0.0880. The molecule has 2 aliphatic rings. The van der Waals surface area contributed by atoms with E-state index in [0.717, 1.165) is 58.6 Å². The van der Waals surface area contributed by atoms with Gasteiger partial charge < -0.3 is 9.64 Å². The zero-order valence-corrected chi connectivity index (χ0v) is 13.2. The van der Waals surface area contributed by atoms with Crippen LogP contribution < -0.4 is 0 Å². The molecule has 1 saturated carbocycles. The molecule has 0 N–H and O–H groups in total. The van der Waals surface area contributed by atoms with Crippen LogP contribution in [0.1, 0.15) is 31.2 Å². The van der Waals surface area contributed by atoms with Gasteiger partial charge in [-0.2, -0.15) is 0 Å². The number of benzene rings is 1. The van der Waals surface area contributed by atoms with Crippen molar-refractivity contribution in [1.82, 2.24) is 9.80 Å². The monoisotopic (exact) mass is 302 g/mol. The summed E-state index contributed by atoms with van der Waals surface area (Å²) in [6.45, 7) is 5.32. The van der Waals surface area contributed by atoms with Gasteiger partial charge in [-0.3, -0.25) is 9.69 Å². The van der Waals surface area contributed by atoms with E-state index in [1.807, 2.05) is 6.07 Å². The summed E-state index contributed by atoms with van der Waals surface area (Å²) in [6.07, 6.45) is 5.64. The first-order valence-corrected chi connectivity index (χ1v) is 8.43. The molecule has 1 aliphatic carbocycles. The van der Waals surface area contributed by atoms with Crippen molar-refractivity contribution in [2.75, 3.05) is 39.4 Å². The molecule has 0 spiro atoms. The average Bonchev–Trinajstić information content (AvgIpc) is 3.08. The third kappa shape index (κ3) is 3.18. The SMILES string of the molecule is O=CN(CCN1CCOCC1)C1(c2ccccc2)CCCC1. The number of morpholine rings is 1. The highest BCUT2D eigenvalue weighted by Crippen LogP contribution is 2.43. The van der Waals surface area contributed by atoms with Gasteiger partial charge in [0.15, 0.2) is 0 Å². The van der Waals surface area contributed by atoms with Crippen molar-refractivity contribution in [2.24, 2.45) is 0 Å². The van der Waals surface area contributed by atoms with Crippen LogP contribution in [0.5, 0.6) is 0 Å². The van der Waals surface area contributed by atoms with Crippen LogP contribution in [0.25, 0.3) is 0 Å². The number of rotatable bonds is 6. The molecule has 1 aliphatic heterocycles. The summed E-state index contributed by atoms with van der Waals surface area (Å²) in [5, 5.41) is 0. The third-order valence-corrected chi connectivity index (χ3v) is 5.18. The first-order chi connectivity index (χ1) is 10.8. The van der Waals surface area contributed by atoms with Crippen LogP contribution in [0.4, 0.5) is 0 Å². The summed E-state index contributed by atoms with van der Waals surface area (Å²) in [5.41, 5.74) is 1.21. The predicted molar refractivity (Wildman–Crippen MR) is 86.6 cm³/mol. The van der Waals surface area contributed by atoms with E-state index in [1.54, 1.807) is 0 Å². The molecule has 4 nitrogen and oxygen atoms in total. The Morgan fingerprint density at radius 1 is 1.14 bits per heavy atom. The Labute approximate surface area is 133 Å². The van der Waals surface area contributed by atoms with Crippen molar-refractivity contribution in [3.05, 3.63) is 35.9 Å². The number of carbonyl (C=O) groups excluding carboxylic acids is 1. The van der Waals surface area contributed by atoms with E-state index in [2.05, 4.69) is 34.1 Å². The number of hydrogen-bond donors (Lipinski definition) is 0. The van der Waals surface area contributed by atoms with E-state index in [9.17, 15) is 4.79 Å². The number of ether oxygens (including phenoxy) is 1. The van der Waals surface area contributed by atoms with Crippen LogP contribution in [0, 0.1) is 0 Å². The molecule has 1 aromatic rings. The predicted octanol–water partition coefficient (Wildman–Crippen LogP) is 2.25. The van der Waals surface area contributed by atoms with Gasteiger partial charge in [0, 0.05) is 26.2 Å². The van der Waals surface area contributed by atoms with Crippen LogP contribution in [0.15, 0.2) is 30.3 Å². The second-order valence-corrected chi connectivity index (χ2v) is 6.36. The minimum atomic E-state index is -0.0880. The lowest BCUT2D eigenvalue weighted by Crippen LogP contribution is -2.48. The number of nitrogens with zero attached hydrogens (tertiary/aromatic N) is 2. The standard InChI is InChI=1S/C18H26N2O2/c21-16-20(11-10-19-12-14-22-15-13-19)18(8-4-5-9-18)17-6-2-1-3-7-17/h1-3,6-7,16H,4-5,8-15H2. The molecule has 0 bridgehead atoms. The second-order valence-electron chi connectivity index (χ2n) is 6.36. The Hall–Kier alpha value is -1.39. The van der Waals surface area contributed by atoms with Crippen molar-refractivity contribution < 1.29 is 9.53 Å². The van der Waals surface area contributed by atoms with Crippen LogP contribution in [-0.2, 0) is 15.1 Å². The van der Waals surface area contributed by atoms with Crippen molar-refractivity contribution in [2.45, 2.75) is 31.2 Å². The van der Waals surface area contributed by atoms with Gasteiger partial charge in [-0.25, -0.2) is 0 Å². The smallest absolute Gasteiger partial charge is 0.210 e. The minimum Gasteiger partial charge on any atom is -0.379 e. The molecule has 0 atom stereocenters. The van der Waals surface area contributed by atoms with Crippen molar-refractivity contribution in [3.63, 3.8) is 0 Å². The molecule has 2 fully saturated rings. The van der Waals surface area contributed by atoms with E-state index in [-0.39, 0.29) is 5.54 Å². The fraction of sp³-hybridized carbons (Fsp3) is 0.611. The van der Waals surface area contributed by atoms with Gasteiger partial charge in [-0.05, 0) is 18.4 Å². The Kier molecular flexibility index (Phi) is 5.11. The average molecular weight is 302 g/mol. The first kappa shape index (κ1) is 15.5. The summed E-state index contributed by atoms with van der Waals surface area (Å²) in [5.74, 6) is 0. The fourth-order valence-electron chi connectivity index (χ4n) is 3.89. The molecular formula is C18H26N2O2. The Morgan fingerprint density at radius 3 is 2.45 bits per heavy atom. The number of carbonyl (C=O) groups is 1. The zero-order chi connectivity index (χ0) is 15.3. The molecule has 3 rings (SSSR count). The normalized spacial score (nSPS) is 21.6. The lowest BCUT2D eigenvalue weighted by molar-refractivity contribution is -0.125. The van der Waals surface area contributed by atoms with Gasteiger partial charge in [0.1, 0.15) is 0 Å². The van der Waals surface area contributed by atoms with Gasteiger partial charge in [-0.15, -0.1) is 0 Å². The van der Waals surface area contributed by atoms with E-state index < -0.39 is 0 Å². The summed E-state index contributed by atoms with van der Waals surface area (Å²) in [6, 6.07) is 10.6. The second kappa shape index (κ2) is 7.25. The van der Waals surface area contributed by atoms with Gasteiger partial charge in [0.25, 0.3) is 0 Å². The largest absolute Gasteiger partial charge is 0.379 e. The molecule has 0 unspecified atom stereocenters. The van der Waals surface area contributed by atoms with Crippen molar-refractivity contribution in [3.8, 4) is 0 Å². The molecule has 4 heteroatoms. The van der Waals surface area contributed by atoms with Crippen LogP contribution >= 0.6 is 0 Å². The lowest BCUT2D eigenvalue weighted by Gasteiger charge is -2.41. The van der Waals surface area contributed by atoms with Gasteiger partial charge in [-0.1, -0.05) is 43.2 Å². The fourth-order valence-corrected chi connectivity index (χ4v) is 3.89. The van der Waals surface area contributed by atoms with Crippen LogP contribution in [-0.4, -0.2) is 55.6 Å².